The van der Waals surface area contributed by atoms with Crippen LogP contribution >= 0.6 is 0 Å². The van der Waals surface area contributed by atoms with Crippen molar-refractivity contribution in [2.75, 3.05) is 0 Å². The van der Waals surface area contributed by atoms with E-state index < -0.39 is 5.97 Å². The van der Waals surface area contributed by atoms with Gasteiger partial charge in [-0.25, -0.2) is 9.78 Å². The second-order valence-electron chi connectivity index (χ2n) is 2.26. The van der Waals surface area contributed by atoms with Crippen molar-refractivity contribution in [1.29, 1.82) is 0 Å². The molecule has 12 heavy (non-hydrogen) atoms. The van der Waals surface area contributed by atoms with Crippen LogP contribution in [0.25, 0.3) is 11.4 Å². The van der Waals surface area contributed by atoms with Gasteiger partial charge >= 0.3 is 5.97 Å². The van der Waals surface area contributed by atoms with Crippen LogP contribution in [-0.2, 0) is 0 Å². The molecule has 60 valence electrons. The third-order valence-electron chi connectivity index (χ3n) is 1.54. The quantitative estimate of drug-likeness (QED) is 0.645. The number of nitrogens with one attached hydrogen (secondary N) is 1. The number of hydrogen-bond acceptors (Lipinski definition) is 3. The van der Waals surface area contributed by atoms with Gasteiger partial charge in [0.05, 0.1) is 12.0 Å². The van der Waals surface area contributed by atoms with E-state index in [1.807, 2.05) is 0 Å². The second-order valence-corrected chi connectivity index (χ2v) is 2.26. The highest BCUT2D eigenvalue weighted by atomic mass is 16.4. The van der Waals surface area contributed by atoms with E-state index in [4.69, 9.17) is 5.11 Å². The minimum Gasteiger partial charge on any atom is -0.476 e. The van der Waals surface area contributed by atoms with E-state index in [1.165, 1.54) is 12.5 Å². The fraction of sp³-hybridized carbons (Fsp3) is 0. The van der Waals surface area contributed by atoms with Crippen LogP contribution in [-0.4, -0.2) is 26.0 Å². The van der Waals surface area contributed by atoms with Crippen LogP contribution < -0.4 is 0 Å². The SMILES string of the molecule is O=C(O)c1nc[nH]c2ccnc1-2. The molecule has 2 heterocycles. The van der Waals surface area contributed by atoms with E-state index in [9.17, 15) is 4.79 Å². The molecule has 0 amide bonds. The summed E-state index contributed by atoms with van der Waals surface area (Å²) in [6.07, 6.45) is 2.88. The number of H-pyrrole nitrogens is 1. The second kappa shape index (κ2) is 2.30. The van der Waals surface area contributed by atoms with Crippen LogP contribution in [0.2, 0.25) is 0 Å². The van der Waals surface area contributed by atoms with Crippen LogP contribution in [0.3, 0.4) is 0 Å². The molecule has 0 bridgehead atoms. The zero-order valence-corrected chi connectivity index (χ0v) is 5.98. The summed E-state index contributed by atoms with van der Waals surface area (Å²) in [5.74, 6) is -1.06. The molecule has 0 aromatic carbocycles. The Morgan fingerprint density at radius 1 is 1.50 bits per heavy atom. The third kappa shape index (κ3) is 0.833. The van der Waals surface area contributed by atoms with Crippen molar-refractivity contribution < 1.29 is 9.90 Å². The molecular formula is C7H5N3O2. The normalized spacial score (nSPS) is 10.3. The molecule has 0 aliphatic carbocycles. The minimum atomic E-state index is -1.06. The summed E-state index contributed by atoms with van der Waals surface area (Å²) < 4.78 is 0. The number of aromatic carboxylic acids is 1. The maximum absolute atomic E-state index is 10.6. The van der Waals surface area contributed by atoms with Crippen LogP contribution in [0.15, 0.2) is 18.6 Å². The average Bonchev–Trinajstić information content (AvgIpc) is 2.49. The summed E-state index contributed by atoms with van der Waals surface area (Å²) in [6, 6.07) is 1.70. The number of aromatic nitrogens is 3. The van der Waals surface area contributed by atoms with Gasteiger partial charge in [0.2, 0.25) is 0 Å². The zero-order chi connectivity index (χ0) is 8.55. The lowest BCUT2D eigenvalue weighted by Gasteiger charge is -1.99. The molecule has 2 N–H and O–H groups in total. The lowest BCUT2D eigenvalue weighted by Crippen LogP contribution is -2.04. The van der Waals surface area contributed by atoms with Crippen molar-refractivity contribution in [3.8, 4) is 11.4 Å². The number of nitrogens with zero attached hydrogens (tertiary/aromatic N) is 2. The maximum Gasteiger partial charge on any atom is 0.356 e. The Morgan fingerprint density at radius 3 is 3.08 bits per heavy atom. The first-order chi connectivity index (χ1) is 5.79. The summed E-state index contributed by atoms with van der Waals surface area (Å²) in [5.41, 5.74) is 1.06. The van der Waals surface area contributed by atoms with E-state index in [0.29, 0.717) is 11.4 Å². The fourth-order valence-electron chi connectivity index (χ4n) is 1.02. The number of hydrogen-bond donors (Lipinski definition) is 2. The number of carboxylic acid groups (broad SMARTS) is 1. The lowest BCUT2D eigenvalue weighted by molar-refractivity contribution is 0.0691. The molecule has 0 atom stereocenters. The Kier molecular flexibility index (Phi) is 1.30. The summed E-state index contributed by atoms with van der Waals surface area (Å²) in [5, 5.41) is 8.68. The van der Waals surface area contributed by atoms with Gasteiger partial charge in [-0.3, -0.25) is 4.98 Å². The van der Waals surface area contributed by atoms with Gasteiger partial charge in [0.15, 0.2) is 5.69 Å². The van der Waals surface area contributed by atoms with Crippen molar-refractivity contribution in [2.24, 2.45) is 0 Å². The molecule has 0 unspecified atom stereocenters. The Balaban J connectivity index is 2.71. The molecule has 0 fully saturated rings. The van der Waals surface area contributed by atoms with E-state index in [1.54, 1.807) is 6.07 Å². The Morgan fingerprint density at radius 2 is 2.33 bits per heavy atom. The molecule has 0 aromatic heterocycles. The Bertz CT molecular complexity index is 396. The van der Waals surface area contributed by atoms with Crippen molar-refractivity contribution in [1.82, 2.24) is 15.0 Å². The maximum atomic E-state index is 10.6. The van der Waals surface area contributed by atoms with E-state index >= 15 is 0 Å². The molecule has 2 aliphatic rings. The topological polar surface area (TPSA) is 78.9 Å². The van der Waals surface area contributed by atoms with Crippen LogP contribution in [0.1, 0.15) is 10.5 Å². The van der Waals surface area contributed by atoms with E-state index in [-0.39, 0.29) is 5.69 Å². The van der Waals surface area contributed by atoms with E-state index in [0.717, 1.165) is 0 Å². The van der Waals surface area contributed by atoms with Gasteiger partial charge in [0, 0.05) is 6.20 Å². The highest BCUT2D eigenvalue weighted by Gasteiger charge is 2.16. The summed E-state index contributed by atoms with van der Waals surface area (Å²) in [6.45, 7) is 0. The van der Waals surface area contributed by atoms with Gasteiger partial charge in [-0.05, 0) is 6.07 Å². The summed E-state index contributed by atoms with van der Waals surface area (Å²) >= 11 is 0. The van der Waals surface area contributed by atoms with E-state index in [2.05, 4.69) is 15.0 Å². The van der Waals surface area contributed by atoms with Crippen molar-refractivity contribution in [2.45, 2.75) is 0 Å². The monoisotopic (exact) mass is 163 g/mol. The number of fused-ring (bicyclic) bond motifs is 1. The largest absolute Gasteiger partial charge is 0.476 e. The first kappa shape index (κ1) is 6.78. The van der Waals surface area contributed by atoms with Gasteiger partial charge in [0.25, 0.3) is 0 Å². The predicted octanol–water partition coefficient (Wildman–Crippen LogP) is 0.608. The van der Waals surface area contributed by atoms with Gasteiger partial charge in [-0.15, -0.1) is 0 Å². The number of rotatable bonds is 1. The molecule has 5 nitrogen and oxygen atoms in total. The first-order valence-electron chi connectivity index (χ1n) is 3.30. The third-order valence-corrected chi connectivity index (χ3v) is 1.54. The highest BCUT2D eigenvalue weighted by molar-refractivity contribution is 5.92. The number of carboxylic acids is 1. The average molecular weight is 163 g/mol. The first-order valence-corrected chi connectivity index (χ1v) is 3.30. The van der Waals surface area contributed by atoms with Gasteiger partial charge in [-0.2, -0.15) is 0 Å². The Hall–Kier alpha value is -1.91. The number of aromatic amines is 1. The van der Waals surface area contributed by atoms with Crippen LogP contribution in [0.4, 0.5) is 0 Å². The molecule has 0 radical (unpaired) electrons. The van der Waals surface area contributed by atoms with Gasteiger partial charge in [-0.1, -0.05) is 0 Å². The van der Waals surface area contributed by atoms with Crippen molar-refractivity contribution in [3.05, 3.63) is 24.3 Å². The predicted molar refractivity (Wildman–Crippen MR) is 40.0 cm³/mol. The van der Waals surface area contributed by atoms with Gasteiger partial charge in [0.1, 0.15) is 5.69 Å². The van der Waals surface area contributed by atoms with Crippen molar-refractivity contribution >= 4 is 5.97 Å². The highest BCUT2D eigenvalue weighted by Crippen LogP contribution is 2.18. The summed E-state index contributed by atoms with van der Waals surface area (Å²) in [4.78, 5) is 20.9. The number of carbonyl (C=O) groups is 1. The summed E-state index contributed by atoms with van der Waals surface area (Å²) in [7, 11) is 0. The molecule has 0 aromatic rings. The Labute approximate surface area is 67.4 Å². The van der Waals surface area contributed by atoms with Crippen LogP contribution in [0.5, 0.6) is 0 Å². The molecule has 2 rings (SSSR count). The molecule has 5 heteroatoms. The van der Waals surface area contributed by atoms with Crippen LogP contribution in [0, 0.1) is 0 Å². The zero-order valence-electron chi connectivity index (χ0n) is 5.98. The van der Waals surface area contributed by atoms with Gasteiger partial charge < -0.3 is 10.1 Å². The molecule has 0 spiro atoms. The fourth-order valence-corrected chi connectivity index (χ4v) is 1.02. The van der Waals surface area contributed by atoms with Crippen molar-refractivity contribution in [3.63, 3.8) is 0 Å². The molecular weight excluding hydrogens is 158 g/mol. The molecule has 2 aliphatic heterocycles. The molecule has 0 saturated carbocycles. The standard InChI is InChI=1S/C7H5N3O2/c11-7(12)6-5-4(1-2-8-5)9-3-10-6/h1-3H,(H,9,10)(H,11,12). The smallest absolute Gasteiger partial charge is 0.356 e. The minimum absolute atomic E-state index is 0.0197. The molecule has 0 saturated heterocycles. The lowest BCUT2D eigenvalue weighted by atomic mass is 10.2.